The minimum absolute atomic E-state index is 0.103. The molecule has 6 N–H and O–H groups in total. The lowest BCUT2D eigenvalue weighted by Gasteiger charge is -2.29. The smallest absolute Gasteiger partial charge is 0.343 e. The molecule has 2 atom stereocenters. The minimum Gasteiger partial charge on any atom is -0.507 e. The van der Waals surface area contributed by atoms with E-state index in [-0.39, 0.29) is 46.9 Å². The van der Waals surface area contributed by atoms with Crippen LogP contribution in [0, 0.1) is 5.92 Å². The third-order valence-corrected chi connectivity index (χ3v) is 8.33. The molecule has 1 amide bonds. The van der Waals surface area contributed by atoms with E-state index in [4.69, 9.17) is 10.2 Å². The molecular formula is C26H32N6O6S. The Morgan fingerprint density at radius 3 is 2.69 bits per heavy atom. The van der Waals surface area contributed by atoms with Crippen molar-refractivity contribution in [2.75, 3.05) is 30.9 Å². The van der Waals surface area contributed by atoms with Gasteiger partial charge in [0.1, 0.15) is 11.5 Å². The van der Waals surface area contributed by atoms with Crippen molar-refractivity contribution in [1.29, 1.82) is 0 Å². The number of aromatic nitrogens is 2. The molecule has 0 spiro atoms. The van der Waals surface area contributed by atoms with E-state index >= 15 is 0 Å². The Hall–Kier alpha value is -3.68. The summed E-state index contributed by atoms with van der Waals surface area (Å²) in [6.45, 7) is 2.66. The summed E-state index contributed by atoms with van der Waals surface area (Å²) in [5.41, 5.74) is 6.57. The molecule has 1 aromatic carbocycles. The van der Waals surface area contributed by atoms with Crippen LogP contribution < -0.4 is 21.4 Å². The zero-order valence-corrected chi connectivity index (χ0v) is 22.1. The number of hydrogen-bond acceptors (Lipinski definition) is 9. The summed E-state index contributed by atoms with van der Waals surface area (Å²) in [7, 11) is -3.92. The molecule has 0 bridgehead atoms. The van der Waals surface area contributed by atoms with Crippen LogP contribution in [0.15, 0.2) is 57.1 Å². The number of benzene rings is 1. The van der Waals surface area contributed by atoms with E-state index in [1.807, 2.05) is 0 Å². The number of rotatable bonds is 10. The monoisotopic (exact) mass is 556 g/mol. The fourth-order valence-electron chi connectivity index (χ4n) is 4.99. The van der Waals surface area contributed by atoms with E-state index in [1.165, 1.54) is 18.5 Å². The molecule has 5 rings (SSSR count). The molecule has 3 aromatic rings. The number of hydrogen-bond donors (Lipinski definition) is 5. The number of aryl methyl sites for hydroxylation is 1. The predicted molar refractivity (Wildman–Crippen MR) is 143 cm³/mol. The topological polar surface area (TPSA) is 184 Å². The summed E-state index contributed by atoms with van der Waals surface area (Å²) in [5, 5.41) is 13.9. The van der Waals surface area contributed by atoms with Crippen LogP contribution in [0.4, 0.5) is 5.69 Å². The van der Waals surface area contributed by atoms with Gasteiger partial charge in [-0.25, -0.2) is 9.78 Å². The number of piperazine rings is 1. The second-order valence-corrected chi connectivity index (χ2v) is 11.6. The van der Waals surface area contributed by atoms with Crippen LogP contribution in [-0.4, -0.2) is 66.5 Å². The van der Waals surface area contributed by atoms with E-state index in [2.05, 4.69) is 20.0 Å². The first kappa shape index (κ1) is 26.9. The van der Waals surface area contributed by atoms with Gasteiger partial charge >= 0.3 is 5.63 Å². The first-order valence-corrected chi connectivity index (χ1v) is 14.4. The SMILES string of the molecule is NC(CCc1cc(O)c(C(c2cccc(NS(=O)(=O)c3ncc[nH]3)c2)C2CC2)c(=O)o1)C(=O)N1CCNCC1. The fraction of sp³-hybridized carbons (Fsp3) is 0.423. The molecule has 2 aliphatic rings. The van der Waals surface area contributed by atoms with Gasteiger partial charge in [-0.15, -0.1) is 0 Å². The summed E-state index contributed by atoms with van der Waals surface area (Å²) in [6.07, 6.45) is 4.97. The maximum atomic E-state index is 13.1. The highest BCUT2D eigenvalue weighted by atomic mass is 32.2. The number of imidazole rings is 1. The maximum Gasteiger partial charge on any atom is 0.343 e. The average Bonchev–Trinajstić information content (AvgIpc) is 3.59. The summed E-state index contributed by atoms with van der Waals surface area (Å²) < 4.78 is 33.3. The van der Waals surface area contributed by atoms with Gasteiger partial charge in [-0.3, -0.25) is 9.52 Å². The number of sulfonamides is 1. The van der Waals surface area contributed by atoms with Crippen LogP contribution >= 0.6 is 0 Å². The highest BCUT2D eigenvalue weighted by Gasteiger charge is 2.37. The highest BCUT2D eigenvalue weighted by Crippen LogP contribution is 2.48. The molecule has 1 saturated heterocycles. The zero-order valence-electron chi connectivity index (χ0n) is 21.3. The van der Waals surface area contributed by atoms with Crippen LogP contribution in [0.5, 0.6) is 5.75 Å². The van der Waals surface area contributed by atoms with Gasteiger partial charge in [0.25, 0.3) is 10.0 Å². The number of H-pyrrole nitrogens is 1. The number of anilines is 1. The van der Waals surface area contributed by atoms with Crippen LogP contribution in [0.3, 0.4) is 0 Å². The van der Waals surface area contributed by atoms with Gasteiger partial charge < -0.3 is 30.5 Å². The molecule has 1 aliphatic heterocycles. The lowest BCUT2D eigenvalue weighted by Crippen LogP contribution is -2.51. The Balaban J connectivity index is 1.33. The minimum atomic E-state index is -3.92. The summed E-state index contributed by atoms with van der Waals surface area (Å²) in [4.78, 5) is 33.8. The van der Waals surface area contributed by atoms with Crippen molar-refractivity contribution in [3.05, 3.63) is 70.0 Å². The molecular weight excluding hydrogens is 524 g/mol. The van der Waals surface area contributed by atoms with E-state index < -0.39 is 27.6 Å². The third kappa shape index (κ3) is 6.15. The van der Waals surface area contributed by atoms with Crippen molar-refractivity contribution in [2.24, 2.45) is 11.7 Å². The summed E-state index contributed by atoms with van der Waals surface area (Å²) in [6, 6.07) is 7.41. The molecule has 3 heterocycles. The van der Waals surface area contributed by atoms with Crippen molar-refractivity contribution < 1.29 is 22.7 Å². The first-order valence-electron chi connectivity index (χ1n) is 13.0. The lowest BCUT2D eigenvalue weighted by molar-refractivity contribution is -0.133. The Kier molecular flexibility index (Phi) is 7.73. The van der Waals surface area contributed by atoms with Gasteiger partial charge in [-0.2, -0.15) is 8.42 Å². The summed E-state index contributed by atoms with van der Waals surface area (Å²) in [5.74, 6) is -0.455. The molecule has 13 heteroatoms. The number of amides is 1. The first-order chi connectivity index (χ1) is 18.7. The van der Waals surface area contributed by atoms with E-state index in [0.29, 0.717) is 24.3 Å². The number of aromatic amines is 1. The summed E-state index contributed by atoms with van der Waals surface area (Å²) >= 11 is 0. The van der Waals surface area contributed by atoms with Crippen molar-refractivity contribution in [3.8, 4) is 5.75 Å². The lowest BCUT2D eigenvalue weighted by atomic mass is 9.87. The third-order valence-electron chi connectivity index (χ3n) is 7.10. The normalized spacial score (nSPS) is 17.5. The number of aromatic hydroxyl groups is 1. The second kappa shape index (κ2) is 11.2. The van der Waals surface area contributed by atoms with Crippen molar-refractivity contribution >= 4 is 21.6 Å². The van der Waals surface area contributed by atoms with Gasteiger partial charge in [0.2, 0.25) is 11.1 Å². The highest BCUT2D eigenvalue weighted by molar-refractivity contribution is 7.92. The maximum absolute atomic E-state index is 13.1. The van der Waals surface area contributed by atoms with Gasteiger partial charge in [-0.05, 0) is 42.9 Å². The molecule has 0 radical (unpaired) electrons. The van der Waals surface area contributed by atoms with Crippen molar-refractivity contribution in [2.45, 2.75) is 42.8 Å². The van der Waals surface area contributed by atoms with E-state index in [0.717, 1.165) is 25.9 Å². The van der Waals surface area contributed by atoms with Crippen molar-refractivity contribution in [1.82, 2.24) is 20.2 Å². The average molecular weight is 557 g/mol. The van der Waals surface area contributed by atoms with E-state index in [9.17, 15) is 23.1 Å². The molecule has 2 unspecified atom stereocenters. The van der Waals surface area contributed by atoms with Crippen molar-refractivity contribution in [3.63, 3.8) is 0 Å². The molecule has 208 valence electrons. The molecule has 39 heavy (non-hydrogen) atoms. The van der Waals surface area contributed by atoms with Gasteiger partial charge in [0.15, 0.2) is 0 Å². The second-order valence-electron chi connectivity index (χ2n) is 9.96. The molecule has 2 aromatic heterocycles. The van der Waals surface area contributed by atoms with Crippen LogP contribution in [0.25, 0.3) is 0 Å². The van der Waals surface area contributed by atoms with Gasteiger partial charge in [0, 0.05) is 62.7 Å². The quantitative estimate of drug-likeness (QED) is 0.244. The van der Waals surface area contributed by atoms with Crippen LogP contribution in [-0.2, 0) is 21.2 Å². The number of nitrogens with two attached hydrogens (primary N) is 1. The van der Waals surface area contributed by atoms with Gasteiger partial charge in [0.05, 0.1) is 11.6 Å². The number of carbonyl (C=O) groups is 1. The molecule has 1 aliphatic carbocycles. The molecule has 2 fully saturated rings. The predicted octanol–water partition coefficient (Wildman–Crippen LogP) is 1.10. The number of carbonyl (C=O) groups excluding carboxylic acids is 1. The largest absolute Gasteiger partial charge is 0.507 e. The Bertz CT molecular complexity index is 1480. The Morgan fingerprint density at radius 1 is 1.26 bits per heavy atom. The fourth-order valence-corrected chi connectivity index (χ4v) is 5.95. The number of nitrogens with one attached hydrogen (secondary N) is 3. The van der Waals surface area contributed by atoms with Crippen LogP contribution in [0.2, 0.25) is 0 Å². The molecule has 12 nitrogen and oxygen atoms in total. The van der Waals surface area contributed by atoms with Crippen LogP contribution in [0.1, 0.15) is 42.1 Å². The standard InChI is InChI=1S/C26H32N6O6S/c27-20(24(34)32-12-10-28-11-13-32)7-6-19-15-21(33)23(25(35)38-19)22(16-4-5-16)17-2-1-3-18(14-17)31-39(36,37)26-29-8-9-30-26/h1-3,8-9,14-16,20,22,28,31,33H,4-7,10-13,27H2,(H,29,30). The molecule has 1 saturated carbocycles. The number of nitrogens with zero attached hydrogens (tertiary/aromatic N) is 2. The zero-order chi connectivity index (χ0) is 27.6. The van der Waals surface area contributed by atoms with Gasteiger partial charge in [-0.1, -0.05) is 12.1 Å². The Labute approximate surface area is 225 Å². The van der Waals surface area contributed by atoms with E-state index in [1.54, 1.807) is 29.2 Å². The Morgan fingerprint density at radius 2 is 2.03 bits per heavy atom.